The molecule has 2 aromatic heterocycles. The molecule has 0 aliphatic carbocycles. The van der Waals surface area contributed by atoms with E-state index in [9.17, 15) is 0 Å². The molecule has 0 bridgehead atoms. The lowest BCUT2D eigenvalue weighted by molar-refractivity contribution is 0.501. The Morgan fingerprint density at radius 1 is 1.27 bits per heavy atom. The second-order valence-electron chi connectivity index (χ2n) is 4.60. The summed E-state index contributed by atoms with van der Waals surface area (Å²) in [5.41, 5.74) is 0.898. The van der Waals surface area contributed by atoms with Crippen LogP contribution in [0.1, 0.15) is 11.5 Å². The van der Waals surface area contributed by atoms with E-state index in [2.05, 4.69) is 25.6 Å². The molecule has 0 aliphatic rings. The topological polar surface area (TPSA) is 78.6 Å². The third kappa shape index (κ3) is 5.51. The number of furan rings is 1. The van der Waals surface area contributed by atoms with Crippen LogP contribution in [0.5, 0.6) is 0 Å². The highest BCUT2D eigenvalue weighted by atomic mass is 127. The molecular formula is C14H21IN6O. The summed E-state index contributed by atoms with van der Waals surface area (Å²) in [6.07, 6.45) is 3.40. The van der Waals surface area contributed by atoms with Crippen LogP contribution < -0.4 is 15.5 Å². The summed E-state index contributed by atoms with van der Waals surface area (Å²) < 4.78 is 5.26. The molecule has 0 amide bonds. The van der Waals surface area contributed by atoms with Crippen LogP contribution in [0.2, 0.25) is 0 Å². The first kappa shape index (κ1) is 18.2. The number of nitrogens with zero attached hydrogens (tertiary/aromatic N) is 4. The maximum absolute atomic E-state index is 5.26. The number of aliphatic imine (C=N–C) groups is 1. The second-order valence-corrected chi connectivity index (χ2v) is 4.60. The van der Waals surface area contributed by atoms with Crippen LogP contribution in [0.3, 0.4) is 0 Å². The molecular weight excluding hydrogens is 395 g/mol. The molecule has 0 atom stereocenters. The molecule has 7 nitrogen and oxygen atoms in total. The standard InChI is InChI=1S/C14H20N6O.HI/c1-15-13(18-10-12-5-4-8-21-12)17-9-11-6-7-16-14(19-11)20(2)3;/h4-8H,9-10H2,1-3H3,(H2,15,17,18);1H. The van der Waals surface area contributed by atoms with E-state index >= 15 is 0 Å². The van der Waals surface area contributed by atoms with Crippen molar-refractivity contribution in [2.45, 2.75) is 13.1 Å². The highest BCUT2D eigenvalue weighted by Gasteiger charge is 2.03. The minimum absolute atomic E-state index is 0. The summed E-state index contributed by atoms with van der Waals surface area (Å²) >= 11 is 0. The largest absolute Gasteiger partial charge is 0.467 e. The summed E-state index contributed by atoms with van der Waals surface area (Å²) in [6.45, 7) is 1.15. The molecule has 0 saturated carbocycles. The summed E-state index contributed by atoms with van der Waals surface area (Å²) in [5.74, 6) is 2.24. The first-order valence-electron chi connectivity index (χ1n) is 6.65. The first-order valence-corrected chi connectivity index (χ1v) is 6.65. The van der Waals surface area contributed by atoms with Gasteiger partial charge in [0.2, 0.25) is 5.95 Å². The molecule has 0 fully saturated rings. The van der Waals surface area contributed by atoms with E-state index in [4.69, 9.17) is 4.42 Å². The molecule has 0 aliphatic heterocycles. The zero-order valence-electron chi connectivity index (χ0n) is 12.9. The molecule has 120 valence electrons. The zero-order chi connectivity index (χ0) is 15.1. The van der Waals surface area contributed by atoms with Gasteiger partial charge in [-0.25, -0.2) is 9.97 Å². The Bertz CT molecular complexity index is 585. The number of hydrogen-bond acceptors (Lipinski definition) is 5. The number of rotatable bonds is 5. The predicted molar refractivity (Wildman–Crippen MR) is 97.5 cm³/mol. The van der Waals surface area contributed by atoms with Crippen LogP contribution >= 0.6 is 24.0 Å². The Morgan fingerprint density at radius 2 is 2.05 bits per heavy atom. The van der Waals surface area contributed by atoms with Crippen LogP contribution in [-0.2, 0) is 13.1 Å². The van der Waals surface area contributed by atoms with Gasteiger partial charge in [-0.3, -0.25) is 4.99 Å². The van der Waals surface area contributed by atoms with Gasteiger partial charge in [0, 0.05) is 27.3 Å². The number of halogens is 1. The molecule has 8 heteroatoms. The van der Waals surface area contributed by atoms with E-state index in [0.29, 0.717) is 25.0 Å². The summed E-state index contributed by atoms with van der Waals surface area (Å²) in [4.78, 5) is 14.7. The van der Waals surface area contributed by atoms with Gasteiger partial charge in [-0.15, -0.1) is 24.0 Å². The zero-order valence-corrected chi connectivity index (χ0v) is 15.2. The molecule has 22 heavy (non-hydrogen) atoms. The fourth-order valence-electron chi connectivity index (χ4n) is 1.68. The lowest BCUT2D eigenvalue weighted by atomic mass is 10.4. The highest BCUT2D eigenvalue weighted by molar-refractivity contribution is 14.0. The molecule has 2 N–H and O–H groups in total. The number of aromatic nitrogens is 2. The first-order chi connectivity index (χ1) is 10.2. The fourth-order valence-corrected chi connectivity index (χ4v) is 1.68. The smallest absolute Gasteiger partial charge is 0.225 e. The average molecular weight is 416 g/mol. The molecule has 0 spiro atoms. The van der Waals surface area contributed by atoms with Crippen LogP contribution in [-0.4, -0.2) is 37.1 Å². The van der Waals surface area contributed by atoms with E-state index in [1.807, 2.05) is 37.2 Å². The van der Waals surface area contributed by atoms with Gasteiger partial charge in [-0.2, -0.15) is 0 Å². The maximum atomic E-state index is 5.26. The molecule has 0 saturated heterocycles. The Labute approximate surface area is 147 Å². The molecule has 2 heterocycles. The van der Waals surface area contributed by atoms with Crippen molar-refractivity contribution in [3.05, 3.63) is 42.1 Å². The van der Waals surface area contributed by atoms with E-state index in [1.165, 1.54) is 0 Å². The third-order valence-corrected chi connectivity index (χ3v) is 2.77. The quantitative estimate of drug-likeness (QED) is 0.438. The average Bonchev–Trinajstić information content (AvgIpc) is 3.01. The number of anilines is 1. The monoisotopic (exact) mass is 416 g/mol. The van der Waals surface area contributed by atoms with Gasteiger partial charge in [0.05, 0.1) is 25.0 Å². The minimum atomic E-state index is 0. The molecule has 0 unspecified atom stereocenters. The van der Waals surface area contributed by atoms with Crippen molar-refractivity contribution < 1.29 is 4.42 Å². The van der Waals surface area contributed by atoms with Crippen molar-refractivity contribution in [3.8, 4) is 0 Å². The fraction of sp³-hybridized carbons (Fsp3) is 0.357. The third-order valence-electron chi connectivity index (χ3n) is 2.77. The lowest BCUT2D eigenvalue weighted by Gasteiger charge is -2.13. The molecule has 2 rings (SSSR count). The maximum Gasteiger partial charge on any atom is 0.225 e. The molecule has 0 aromatic carbocycles. The summed E-state index contributed by atoms with van der Waals surface area (Å²) in [6, 6.07) is 5.64. The van der Waals surface area contributed by atoms with Crippen LogP contribution in [0.25, 0.3) is 0 Å². The van der Waals surface area contributed by atoms with Gasteiger partial charge in [0.1, 0.15) is 5.76 Å². The minimum Gasteiger partial charge on any atom is -0.467 e. The van der Waals surface area contributed by atoms with Gasteiger partial charge in [0.15, 0.2) is 5.96 Å². The lowest BCUT2D eigenvalue weighted by Crippen LogP contribution is -2.36. The van der Waals surface area contributed by atoms with E-state index in [1.54, 1.807) is 19.5 Å². The number of hydrogen-bond donors (Lipinski definition) is 2. The van der Waals surface area contributed by atoms with Gasteiger partial charge in [0.25, 0.3) is 0 Å². The Balaban J connectivity index is 0.00000242. The molecule has 2 aromatic rings. The van der Waals surface area contributed by atoms with E-state index in [0.717, 1.165) is 11.5 Å². The van der Waals surface area contributed by atoms with Crippen molar-refractivity contribution in [2.24, 2.45) is 4.99 Å². The van der Waals surface area contributed by atoms with Crippen molar-refractivity contribution in [2.75, 3.05) is 26.0 Å². The van der Waals surface area contributed by atoms with Crippen LogP contribution in [0.4, 0.5) is 5.95 Å². The van der Waals surface area contributed by atoms with Crippen molar-refractivity contribution in [1.82, 2.24) is 20.6 Å². The van der Waals surface area contributed by atoms with Gasteiger partial charge in [-0.05, 0) is 18.2 Å². The number of nitrogens with one attached hydrogen (secondary N) is 2. The predicted octanol–water partition coefficient (Wildman–Crippen LogP) is 1.62. The normalized spacial score (nSPS) is 10.8. The Kier molecular flexibility index (Phi) is 7.64. The van der Waals surface area contributed by atoms with E-state index < -0.39 is 0 Å². The van der Waals surface area contributed by atoms with E-state index in [-0.39, 0.29) is 24.0 Å². The van der Waals surface area contributed by atoms with Crippen LogP contribution in [0.15, 0.2) is 40.1 Å². The summed E-state index contributed by atoms with van der Waals surface area (Å²) in [5, 5.41) is 6.37. The van der Waals surface area contributed by atoms with Crippen LogP contribution in [0, 0.1) is 0 Å². The van der Waals surface area contributed by atoms with Crippen molar-refractivity contribution in [3.63, 3.8) is 0 Å². The van der Waals surface area contributed by atoms with Crippen molar-refractivity contribution >= 4 is 35.9 Å². The van der Waals surface area contributed by atoms with Gasteiger partial charge >= 0.3 is 0 Å². The van der Waals surface area contributed by atoms with Crippen molar-refractivity contribution in [1.29, 1.82) is 0 Å². The highest BCUT2D eigenvalue weighted by Crippen LogP contribution is 2.03. The van der Waals surface area contributed by atoms with Gasteiger partial charge in [-0.1, -0.05) is 0 Å². The summed E-state index contributed by atoms with van der Waals surface area (Å²) in [7, 11) is 5.55. The molecule has 0 radical (unpaired) electrons. The SMILES string of the molecule is CN=C(NCc1ccnc(N(C)C)n1)NCc1ccco1.I. The Morgan fingerprint density at radius 3 is 2.68 bits per heavy atom. The second kappa shape index (κ2) is 9.23. The van der Waals surface area contributed by atoms with Gasteiger partial charge < -0.3 is 20.0 Å². The number of guanidine groups is 1. The Hall–Kier alpha value is -1.84.